The predicted molar refractivity (Wildman–Crippen MR) is 86.8 cm³/mol. The van der Waals surface area contributed by atoms with Gasteiger partial charge in [-0.1, -0.05) is 48.2 Å². The van der Waals surface area contributed by atoms with E-state index in [0.29, 0.717) is 16.6 Å². The van der Waals surface area contributed by atoms with E-state index in [2.05, 4.69) is 17.4 Å². The van der Waals surface area contributed by atoms with Crippen molar-refractivity contribution in [2.45, 2.75) is 51.6 Å². The Hall–Kier alpha value is -1.26. The van der Waals surface area contributed by atoms with Crippen molar-refractivity contribution in [2.24, 2.45) is 16.8 Å². The monoisotopic (exact) mass is 309 g/mol. The molecule has 1 aromatic carbocycles. The van der Waals surface area contributed by atoms with Gasteiger partial charge in [-0.25, -0.2) is 0 Å². The van der Waals surface area contributed by atoms with E-state index in [-0.39, 0.29) is 5.84 Å². The average molecular weight is 310 g/mol. The second kappa shape index (κ2) is 7.66. The fourth-order valence-corrected chi connectivity index (χ4v) is 3.23. The highest BCUT2D eigenvalue weighted by molar-refractivity contribution is 6.31. The molecule has 4 nitrogen and oxygen atoms in total. The van der Waals surface area contributed by atoms with Crippen LogP contribution in [0.1, 0.15) is 50.2 Å². The van der Waals surface area contributed by atoms with Crippen molar-refractivity contribution in [3.63, 3.8) is 0 Å². The second-order valence-corrected chi connectivity index (χ2v) is 6.27. The maximum atomic E-state index is 8.68. The Morgan fingerprint density at radius 2 is 2.14 bits per heavy atom. The number of nitrogens with zero attached hydrogens (tertiary/aromatic N) is 1. The molecule has 0 saturated heterocycles. The zero-order chi connectivity index (χ0) is 15.2. The van der Waals surface area contributed by atoms with Crippen molar-refractivity contribution < 1.29 is 5.21 Å². The van der Waals surface area contributed by atoms with Gasteiger partial charge in [0.15, 0.2) is 5.84 Å². The van der Waals surface area contributed by atoms with Gasteiger partial charge in [0.25, 0.3) is 0 Å². The summed E-state index contributed by atoms with van der Waals surface area (Å²) in [6.07, 6.45) is 6.73. The molecule has 0 unspecified atom stereocenters. The molecule has 0 radical (unpaired) electrons. The van der Waals surface area contributed by atoms with Crippen LogP contribution in [0.25, 0.3) is 0 Å². The molecule has 0 aliphatic heterocycles. The zero-order valence-electron chi connectivity index (χ0n) is 12.5. The van der Waals surface area contributed by atoms with Gasteiger partial charge in [-0.05, 0) is 37.3 Å². The van der Waals surface area contributed by atoms with Gasteiger partial charge < -0.3 is 16.3 Å². The van der Waals surface area contributed by atoms with Crippen molar-refractivity contribution in [3.8, 4) is 0 Å². The third-order valence-electron chi connectivity index (χ3n) is 4.43. The molecule has 0 heterocycles. The van der Waals surface area contributed by atoms with E-state index in [1.54, 1.807) is 6.07 Å². The van der Waals surface area contributed by atoms with E-state index in [1.807, 2.05) is 12.1 Å². The molecule has 1 fully saturated rings. The maximum Gasteiger partial charge on any atom is 0.170 e. The summed E-state index contributed by atoms with van der Waals surface area (Å²) in [6.45, 7) is 3.00. The number of amidine groups is 1. The Bertz CT molecular complexity index is 498. The van der Waals surface area contributed by atoms with Crippen molar-refractivity contribution in [2.75, 3.05) is 0 Å². The SMILES string of the molecule is C[C@@H](NCc1ccc(/C(N)=N/O)cc1Cl)C1CCCCC1. The number of nitrogens with two attached hydrogens (primary N) is 1. The largest absolute Gasteiger partial charge is 0.409 e. The van der Waals surface area contributed by atoms with Crippen molar-refractivity contribution in [3.05, 3.63) is 34.3 Å². The van der Waals surface area contributed by atoms with E-state index in [0.717, 1.165) is 18.0 Å². The summed E-state index contributed by atoms with van der Waals surface area (Å²) in [5.41, 5.74) is 7.23. The first kappa shape index (κ1) is 16.1. The molecule has 4 N–H and O–H groups in total. The Morgan fingerprint density at radius 1 is 1.43 bits per heavy atom. The van der Waals surface area contributed by atoms with E-state index in [4.69, 9.17) is 22.5 Å². The molecule has 0 bridgehead atoms. The average Bonchev–Trinajstić information content (AvgIpc) is 2.53. The molecule has 5 heteroatoms. The first-order chi connectivity index (χ1) is 10.1. The lowest BCUT2D eigenvalue weighted by Gasteiger charge is -2.28. The highest BCUT2D eigenvalue weighted by Crippen LogP contribution is 2.26. The molecule has 2 rings (SSSR count). The van der Waals surface area contributed by atoms with Crippen LogP contribution in [0.15, 0.2) is 23.4 Å². The topological polar surface area (TPSA) is 70.6 Å². The number of benzene rings is 1. The highest BCUT2D eigenvalue weighted by Gasteiger charge is 2.19. The van der Waals surface area contributed by atoms with Crippen LogP contribution in [0, 0.1) is 5.92 Å². The van der Waals surface area contributed by atoms with Crippen LogP contribution in [0.5, 0.6) is 0 Å². The number of oxime groups is 1. The summed E-state index contributed by atoms with van der Waals surface area (Å²) in [4.78, 5) is 0. The van der Waals surface area contributed by atoms with Gasteiger partial charge in [0.05, 0.1) is 0 Å². The van der Waals surface area contributed by atoms with Gasteiger partial charge in [0, 0.05) is 23.2 Å². The third kappa shape index (κ3) is 4.35. The molecule has 1 saturated carbocycles. The quantitative estimate of drug-likeness (QED) is 0.337. The molecule has 1 aliphatic carbocycles. The fourth-order valence-electron chi connectivity index (χ4n) is 2.98. The van der Waals surface area contributed by atoms with E-state index in [1.165, 1.54) is 32.1 Å². The number of halogens is 1. The first-order valence-electron chi connectivity index (χ1n) is 7.61. The first-order valence-corrected chi connectivity index (χ1v) is 7.99. The summed E-state index contributed by atoms with van der Waals surface area (Å²) in [7, 11) is 0. The standard InChI is InChI=1S/C16H24ClN3O/c1-11(12-5-3-2-4-6-12)19-10-14-8-7-13(9-15(14)17)16(18)20-21/h7-9,11-12,19,21H,2-6,10H2,1H3,(H2,18,20)/t11-/m1/s1. The molecule has 21 heavy (non-hydrogen) atoms. The predicted octanol–water partition coefficient (Wildman–Crippen LogP) is 3.49. The van der Waals surface area contributed by atoms with Crippen LogP contribution in [0.4, 0.5) is 0 Å². The van der Waals surface area contributed by atoms with Crippen molar-refractivity contribution in [1.29, 1.82) is 0 Å². The summed E-state index contributed by atoms with van der Waals surface area (Å²) in [6, 6.07) is 5.99. The molecular formula is C16H24ClN3O. The van der Waals surface area contributed by atoms with Gasteiger partial charge in [-0.2, -0.15) is 0 Å². The van der Waals surface area contributed by atoms with E-state index >= 15 is 0 Å². The zero-order valence-corrected chi connectivity index (χ0v) is 13.2. The molecule has 1 aromatic rings. The summed E-state index contributed by atoms with van der Waals surface area (Å²) < 4.78 is 0. The number of hydrogen-bond acceptors (Lipinski definition) is 3. The van der Waals surface area contributed by atoms with Crippen LogP contribution >= 0.6 is 11.6 Å². The normalized spacial score (nSPS) is 18.7. The minimum atomic E-state index is 0.0759. The van der Waals surface area contributed by atoms with Crippen LogP contribution in [-0.4, -0.2) is 17.1 Å². The molecule has 0 spiro atoms. The van der Waals surface area contributed by atoms with Gasteiger partial charge >= 0.3 is 0 Å². The minimum Gasteiger partial charge on any atom is -0.409 e. The Balaban J connectivity index is 1.93. The van der Waals surface area contributed by atoms with Gasteiger partial charge in [-0.3, -0.25) is 0 Å². The Kier molecular flexibility index (Phi) is 5.88. The molecule has 0 amide bonds. The number of rotatable bonds is 5. The van der Waals surface area contributed by atoms with Crippen molar-refractivity contribution in [1.82, 2.24) is 5.32 Å². The van der Waals surface area contributed by atoms with Crippen molar-refractivity contribution >= 4 is 17.4 Å². The Labute approximate surface area is 131 Å². The van der Waals surface area contributed by atoms with Crippen LogP contribution in [-0.2, 0) is 6.54 Å². The summed E-state index contributed by atoms with van der Waals surface area (Å²) in [5, 5.41) is 15.9. The van der Waals surface area contributed by atoms with Crippen LogP contribution in [0.3, 0.4) is 0 Å². The maximum absolute atomic E-state index is 8.68. The van der Waals surface area contributed by atoms with Gasteiger partial charge in [0.2, 0.25) is 0 Å². The van der Waals surface area contributed by atoms with Gasteiger partial charge in [0.1, 0.15) is 0 Å². The second-order valence-electron chi connectivity index (χ2n) is 5.86. The molecular weight excluding hydrogens is 286 g/mol. The van der Waals surface area contributed by atoms with Gasteiger partial charge in [-0.15, -0.1) is 0 Å². The Morgan fingerprint density at radius 3 is 2.76 bits per heavy atom. The van der Waals surface area contributed by atoms with Crippen LogP contribution in [0.2, 0.25) is 5.02 Å². The van der Waals surface area contributed by atoms with E-state index in [9.17, 15) is 0 Å². The molecule has 0 aromatic heterocycles. The highest BCUT2D eigenvalue weighted by atomic mass is 35.5. The minimum absolute atomic E-state index is 0.0759. The molecule has 116 valence electrons. The molecule has 1 aliphatic rings. The molecule has 1 atom stereocenters. The van der Waals surface area contributed by atoms with Crippen LogP contribution < -0.4 is 11.1 Å². The smallest absolute Gasteiger partial charge is 0.170 e. The fraction of sp³-hybridized carbons (Fsp3) is 0.562. The number of hydrogen-bond donors (Lipinski definition) is 3. The summed E-state index contributed by atoms with van der Waals surface area (Å²) in [5.74, 6) is 0.848. The summed E-state index contributed by atoms with van der Waals surface area (Å²) >= 11 is 6.27. The lowest BCUT2D eigenvalue weighted by molar-refractivity contribution is 0.280. The van der Waals surface area contributed by atoms with E-state index < -0.39 is 0 Å². The lowest BCUT2D eigenvalue weighted by Crippen LogP contribution is -2.34. The number of nitrogens with one attached hydrogen (secondary N) is 1. The lowest BCUT2D eigenvalue weighted by atomic mass is 9.84. The third-order valence-corrected chi connectivity index (χ3v) is 4.78.